The van der Waals surface area contributed by atoms with Gasteiger partial charge in [0.2, 0.25) is 0 Å². The minimum atomic E-state index is -0.549. The number of nitrogens with one attached hydrogen (secondary N) is 1. The van der Waals surface area contributed by atoms with E-state index in [9.17, 15) is 14.7 Å². The Kier molecular flexibility index (Phi) is 7.50. The molecule has 2 unspecified atom stereocenters. The fourth-order valence-corrected chi connectivity index (χ4v) is 6.21. The number of benzene rings is 2. The minimum Gasteiger partial charge on any atom is -0.508 e. The number of carbonyl (C=O) groups excluding carboxylic acids is 2. The lowest BCUT2D eigenvalue weighted by Gasteiger charge is -2.37. The molecule has 2 aliphatic carbocycles. The quantitative estimate of drug-likeness (QED) is 0.421. The fourth-order valence-electron chi connectivity index (χ4n) is 6.21. The van der Waals surface area contributed by atoms with Gasteiger partial charge in [-0.2, -0.15) is 0 Å². The number of rotatable bonds is 7. The first-order valence-corrected chi connectivity index (χ1v) is 13.8. The molecule has 0 amide bonds. The van der Waals surface area contributed by atoms with Crippen molar-refractivity contribution in [2.24, 2.45) is 0 Å². The van der Waals surface area contributed by atoms with Crippen molar-refractivity contribution in [3.63, 3.8) is 0 Å². The summed E-state index contributed by atoms with van der Waals surface area (Å²) >= 11 is 0. The summed E-state index contributed by atoms with van der Waals surface area (Å²) in [7, 11) is 0. The summed E-state index contributed by atoms with van der Waals surface area (Å²) in [5.74, 6) is -0.645. The number of phenolic OH excluding ortho intramolecular Hbond substituents is 1. The predicted molar refractivity (Wildman–Crippen MR) is 144 cm³/mol. The van der Waals surface area contributed by atoms with Crippen LogP contribution in [-0.2, 0) is 20.7 Å². The van der Waals surface area contributed by atoms with Crippen molar-refractivity contribution < 1.29 is 19.4 Å². The molecule has 194 valence electrons. The van der Waals surface area contributed by atoms with Crippen molar-refractivity contribution in [3.05, 3.63) is 87.8 Å². The zero-order chi connectivity index (χ0) is 25.9. The van der Waals surface area contributed by atoms with Crippen LogP contribution in [0, 0.1) is 0 Å². The molecule has 1 fully saturated rings. The predicted octanol–water partition coefficient (Wildman–Crippen LogP) is 6.58. The van der Waals surface area contributed by atoms with Gasteiger partial charge < -0.3 is 15.2 Å². The fraction of sp³-hybridized carbons (Fsp3) is 0.438. The van der Waals surface area contributed by atoms with Crippen LogP contribution in [0.1, 0.15) is 93.7 Å². The third-order valence-corrected chi connectivity index (χ3v) is 8.05. The highest BCUT2D eigenvalue weighted by molar-refractivity contribution is 6.04. The zero-order valence-electron chi connectivity index (χ0n) is 21.9. The van der Waals surface area contributed by atoms with Crippen molar-refractivity contribution in [1.82, 2.24) is 5.32 Å². The Morgan fingerprint density at radius 2 is 1.78 bits per heavy atom. The van der Waals surface area contributed by atoms with Gasteiger partial charge in [-0.3, -0.25) is 4.79 Å². The summed E-state index contributed by atoms with van der Waals surface area (Å²) in [6.07, 6.45) is 7.72. The molecular formula is C32H37NO4. The Morgan fingerprint density at radius 1 is 1.03 bits per heavy atom. The van der Waals surface area contributed by atoms with Crippen LogP contribution in [-0.4, -0.2) is 23.0 Å². The molecule has 2 atom stereocenters. The van der Waals surface area contributed by atoms with Crippen LogP contribution in [0.25, 0.3) is 0 Å². The van der Waals surface area contributed by atoms with Gasteiger partial charge in [0, 0.05) is 29.3 Å². The van der Waals surface area contributed by atoms with Crippen molar-refractivity contribution in [2.45, 2.75) is 89.6 Å². The average molecular weight is 500 g/mol. The minimum absolute atomic E-state index is 0.0473. The molecular weight excluding hydrogens is 462 g/mol. The number of dihydropyridines is 1. The van der Waals surface area contributed by atoms with Crippen LogP contribution >= 0.6 is 0 Å². The lowest BCUT2D eigenvalue weighted by molar-refractivity contribution is -0.144. The second-order valence-electron chi connectivity index (χ2n) is 10.6. The molecule has 0 saturated heterocycles. The molecule has 5 heteroatoms. The first-order chi connectivity index (χ1) is 18.0. The molecule has 1 aliphatic heterocycles. The summed E-state index contributed by atoms with van der Waals surface area (Å²) in [6.45, 7) is 4.20. The molecule has 2 N–H and O–H groups in total. The van der Waals surface area contributed by atoms with E-state index < -0.39 is 5.92 Å². The Labute approximate surface area is 219 Å². The van der Waals surface area contributed by atoms with E-state index in [2.05, 4.69) is 36.5 Å². The zero-order valence-corrected chi connectivity index (χ0v) is 21.9. The third kappa shape index (κ3) is 5.22. The van der Waals surface area contributed by atoms with E-state index in [1.54, 1.807) is 18.2 Å². The van der Waals surface area contributed by atoms with Gasteiger partial charge >= 0.3 is 5.97 Å². The first kappa shape index (κ1) is 25.3. The number of aryl methyl sites for hydroxylation is 1. The van der Waals surface area contributed by atoms with Gasteiger partial charge in [0.15, 0.2) is 5.78 Å². The van der Waals surface area contributed by atoms with Crippen LogP contribution in [0.2, 0.25) is 0 Å². The third-order valence-electron chi connectivity index (χ3n) is 8.05. The van der Waals surface area contributed by atoms with E-state index in [1.165, 1.54) is 11.1 Å². The standard InChI is InChI=1S/C32H37NO4/c1-3-8-20-13-15-21(16-14-20)23-18-27-30(28(35)19-23)29(22-9-7-10-24(34)17-22)31(26(4-2)33-27)32(36)37-25-11-5-6-12-25/h7,9-10,13-17,23,25,29,33-34H,3-6,8,11-12,18-19H2,1-2H3. The summed E-state index contributed by atoms with van der Waals surface area (Å²) in [4.78, 5) is 27.5. The molecule has 0 radical (unpaired) electrons. The number of esters is 1. The first-order valence-electron chi connectivity index (χ1n) is 13.8. The summed E-state index contributed by atoms with van der Waals surface area (Å²) < 4.78 is 5.97. The Morgan fingerprint density at radius 3 is 2.46 bits per heavy atom. The molecule has 3 aliphatic rings. The second-order valence-corrected chi connectivity index (χ2v) is 10.6. The van der Waals surface area contributed by atoms with Crippen molar-refractivity contribution in [2.75, 3.05) is 0 Å². The Bertz CT molecular complexity index is 1230. The van der Waals surface area contributed by atoms with Gasteiger partial charge in [0.1, 0.15) is 11.9 Å². The normalized spacial score (nSPS) is 22.2. The number of hydrogen-bond acceptors (Lipinski definition) is 5. The summed E-state index contributed by atoms with van der Waals surface area (Å²) in [5.41, 5.74) is 6.07. The van der Waals surface area contributed by atoms with Gasteiger partial charge in [0.05, 0.1) is 5.57 Å². The second kappa shape index (κ2) is 11.0. The lowest BCUT2D eigenvalue weighted by Crippen LogP contribution is -2.37. The lowest BCUT2D eigenvalue weighted by atomic mass is 9.71. The highest BCUT2D eigenvalue weighted by Gasteiger charge is 2.42. The maximum atomic E-state index is 13.8. The van der Waals surface area contributed by atoms with Gasteiger partial charge in [-0.25, -0.2) is 4.79 Å². The molecule has 0 spiro atoms. The number of carbonyl (C=O) groups is 2. The maximum absolute atomic E-state index is 13.8. The van der Waals surface area contributed by atoms with E-state index in [0.29, 0.717) is 30.4 Å². The summed E-state index contributed by atoms with van der Waals surface area (Å²) in [5, 5.41) is 13.8. The van der Waals surface area contributed by atoms with Crippen LogP contribution in [0.3, 0.4) is 0 Å². The molecule has 37 heavy (non-hydrogen) atoms. The van der Waals surface area contributed by atoms with Gasteiger partial charge in [0.25, 0.3) is 0 Å². The molecule has 5 nitrogen and oxygen atoms in total. The monoisotopic (exact) mass is 499 g/mol. The number of aromatic hydroxyl groups is 1. The molecule has 0 bridgehead atoms. The summed E-state index contributed by atoms with van der Waals surface area (Å²) in [6, 6.07) is 15.6. The van der Waals surface area contributed by atoms with Crippen molar-refractivity contribution >= 4 is 11.8 Å². The van der Waals surface area contributed by atoms with Crippen LogP contribution in [0.5, 0.6) is 5.75 Å². The van der Waals surface area contributed by atoms with E-state index in [1.807, 2.05) is 13.0 Å². The van der Waals surface area contributed by atoms with Crippen molar-refractivity contribution in [3.8, 4) is 5.75 Å². The molecule has 1 saturated carbocycles. The Balaban J connectivity index is 1.53. The van der Waals surface area contributed by atoms with E-state index in [-0.39, 0.29) is 29.5 Å². The van der Waals surface area contributed by atoms with Crippen LogP contribution in [0.15, 0.2) is 71.1 Å². The molecule has 2 aromatic carbocycles. The topological polar surface area (TPSA) is 75.6 Å². The molecule has 2 aromatic rings. The molecule has 5 rings (SSSR count). The number of phenols is 1. The van der Waals surface area contributed by atoms with Gasteiger partial charge in [-0.15, -0.1) is 0 Å². The van der Waals surface area contributed by atoms with Gasteiger partial charge in [-0.1, -0.05) is 56.7 Å². The molecule has 1 heterocycles. The number of hydrogen-bond donors (Lipinski definition) is 2. The van der Waals surface area contributed by atoms with Crippen LogP contribution in [0.4, 0.5) is 0 Å². The van der Waals surface area contributed by atoms with E-state index in [0.717, 1.165) is 55.5 Å². The smallest absolute Gasteiger partial charge is 0.337 e. The highest BCUT2D eigenvalue weighted by atomic mass is 16.5. The number of ketones is 1. The van der Waals surface area contributed by atoms with E-state index in [4.69, 9.17) is 4.74 Å². The SMILES string of the molecule is CCCc1ccc(C2CC(=O)C3=C(C2)NC(CC)=C(C(=O)OC2CCCC2)C3c2cccc(O)c2)cc1. The Hall–Kier alpha value is -3.34. The number of Topliss-reactive ketones (excluding diaryl/α,β-unsaturated/α-hetero) is 1. The number of allylic oxidation sites excluding steroid dienone is 3. The van der Waals surface area contributed by atoms with Crippen molar-refractivity contribution in [1.29, 1.82) is 0 Å². The highest BCUT2D eigenvalue weighted by Crippen LogP contribution is 2.47. The maximum Gasteiger partial charge on any atom is 0.337 e. The van der Waals surface area contributed by atoms with Crippen LogP contribution < -0.4 is 5.32 Å². The van der Waals surface area contributed by atoms with Gasteiger partial charge in [-0.05, 0) is 79.7 Å². The largest absolute Gasteiger partial charge is 0.508 e. The number of ether oxygens (including phenoxy) is 1. The molecule has 0 aromatic heterocycles. The average Bonchev–Trinajstić information content (AvgIpc) is 3.41. The van der Waals surface area contributed by atoms with E-state index >= 15 is 0 Å².